The van der Waals surface area contributed by atoms with Gasteiger partial charge in [-0.2, -0.15) is 0 Å². The molecule has 13 heteroatoms. The molecule has 0 saturated carbocycles. The maximum atomic E-state index is 12.6. The number of nitrogens with zero attached hydrogens (tertiary/aromatic N) is 2. The fraction of sp³-hybridized carbons (Fsp3) is 0.302. The van der Waals surface area contributed by atoms with Crippen molar-refractivity contribution in [2.45, 2.75) is 44.9 Å². The highest BCUT2D eigenvalue weighted by Crippen LogP contribution is 2.32. The van der Waals surface area contributed by atoms with Gasteiger partial charge in [0.05, 0.1) is 18.7 Å². The van der Waals surface area contributed by atoms with E-state index in [-0.39, 0.29) is 38.1 Å². The highest BCUT2D eigenvalue weighted by Gasteiger charge is 2.27. The number of ether oxygens (including phenoxy) is 4. The van der Waals surface area contributed by atoms with Crippen molar-refractivity contribution in [3.8, 4) is 17.2 Å². The maximum absolute atomic E-state index is 12.6. The summed E-state index contributed by atoms with van der Waals surface area (Å²) in [6, 6.07) is 22.9. The zero-order valence-electron chi connectivity index (χ0n) is 31.1. The van der Waals surface area contributed by atoms with Gasteiger partial charge in [0.1, 0.15) is 11.7 Å². The topological polar surface area (TPSA) is 175 Å². The van der Waals surface area contributed by atoms with E-state index in [4.69, 9.17) is 18.9 Å². The number of carboxylic acid groups (broad SMARTS) is 1. The van der Waals surface area contributed by atoms with Crippen LogP contribution in [0.2, 0.25) is 0 Å². The number of benzene rings is 3. The van der Waals surface area contributed by atoms with Crippen LogP contribution in [0.25, 0.3) is 10.9 Å². The lowest BCUT2D eigenvalue weighted by Crippen LogP contribution is -2.37. The van der Waals surface area contributed by atoms with Crippen molar-refractivity contribution in [3.63, 3.8) is 0 Å². The molecule has 2 aromatic heterocycles. The first kappa shape index (κ1) is 39.2. The summed E-state index contributed by atoms with van der Waals surface area (Å²) in [4.78, 5) is 55.6. The van der Waals surface area contributed by atoms with Crippen LogP contribution < -0.4 is 24.8 Å². The smallest absolute Gasteiger partial charge is 0.316 e. The van der Waals surface area contributed by atoms with Gasteiger partial charge in [0.15, 0.2) is 11.5 Å². The van der Waals surface area contributed by atoms with Gasteiger partial charge in [-0.3, -0.25) is 29.1 Å². The van der Waals surface area contributed by atoms with E-state index < -0.39 is 17.8 Å². The van der Waals surface area contributed by atoms with Crippen molar-refractivity contribution in [2.75, 3.05) is 33.1 Å². The molecule has 7 rings (SSSR count). The molecule has 0 fully saturated rings. The molecule has 13 nitrogen and oxygen atoms in total. The summed E-state index contributed by atoms with van der Waals surface area (Å²) >= 11 is 0. The quantitative estimate of drug-likeness (QED) is 0.0922. The minimum absolute atomic E-state index is 0.0666. The van der Waals surface area contributed by atoms with Crippen molar-refractivity contribution >= 4 is 35.2 Å². The lowest BCUT2D eigenvalue weighted by Gasteiger charge is -2.18. The number of nitrogens with one attached hydrogen (secondary N) is 2. The molecular formula is C43H44N4O9. The van der Waals surface area contributed by atoms with Gasteiger partial charge in [-0.25, -0.2) is 0 Å². The molecule has 0 aliphatic carbocycles. The monoisotopic (exact) mass is 760 g/mol. The molecule has 3 aromatic carbocycles. The molecule has 0 radical (unpaired) electrons. The molecule has 290 valence electrons. The van der Waals surface area contributed by atoms with Gasteiger partial charge in [-0.1, -0.05) is 36.4 Å². The molecule has 4 heterocycles. The Labute approximate surface area is 324 Å². The van der Waals surface area contributed by atoms with Crippen molar-refractivity contribution in [2.24, 2.45) is 5.92 Å². The first-order valence-electron chi connectivity index (χ1n) is 18.5. The Hall–Kier alpha value is -6.50. The highest BCUT2D eigenvalue weighted by atomic mass is 16.7. The van der Waals surface area contributed by atoms with Crippen molar-refractivity contribution in [1.82, 2.24) is 20.6 Å². The molecule has 2 unspecified atom stereocenters. The van der Waals surface area contributed by atoms with E-state index in [1.807, 2.05) is 55.5 Å². The minimum Gasteiger partial charge on any atom is -0.493 e. The van der Waals surface area contributed by atoms with Crippen molar-refractivity contribution in [3.05, 3.63) is 125 Å². The van der Waals surface area contributed by atoms with Crippen LogP contribution in [0.1, 0.15) is 45.7 Å². The van der Waals surface area contributed by atoms with E-state index >= 15 is 0 Å². The number of aryl methyl sites for hydroxylation is 1. The normalized spacial score (nSPS) is 13.3. The van der Waals surface area contributed by atoms with Crippen LogP contribution in [0.4, 0.5) is 0 Å². The number of hydrogen-bond acceptors (Lipinski definition) is 10. The second-order valence-corrected chi connectivity index (χ2v) is 13.5. The molecule has 2 aliphatic heterocycles. The summed E-state index contributed by atoms with van der Waals surface area (Å²) in [5.41, 5.74) is 6.86. The summed E-state index contributed by atoms with van der Waals surface area (Å²) in [6.45, 7) is 4.35. The van der Waals surface area contributed by atoms with Crippen molar-refractivity contribution in [1.29, 1.82) is 0 Å². The maximum Gasteiger partial charge on any atom is 0.316 e. The first-order valence-corrected chi connectivity index (χ1v) is 18.5. The van der Waals surface area contributed by atoms with Gasteiger partial charge in [0, 0.05) is 55.8 Å². The number of hydrogen-bond donors (Lipinski definition) is 3. The molecule has 56 heavy (non-hydrogen) atoms. The van der Waals surface area contributed by atoms with Gasteiger partial charge in [-0.15, -0.1) is 0 Å². The van der Waals surface area contributed by atoms with Crippen molar-refractivity contribution < 1.29 is 43.2 Å². The Bertz CT molecular complexity index is 2170. The highest BCUT2D eigenvalue weighted by molar-refractivity contribution is 5.98. The number of carbonyl (C=O) groups excluding carboxylic acids is 3. The predicted molar refractivity (Wildman–Crippen MR) is 207 cm³/mol. The summed E-state index contributed by atoms with van der Waals surface area (Å²) in [6.07, 6.45) is 7.69. The minimum atomic E-state index is -1.17. The molecule has 3 N–H and O–H groups in total. The number of amides is 2. The van der Waals surface area contributed by atoms with Gasteiger partial charge < -0.3 is 34.7 Å². The summed E-state index contributed by atoms with van der Waals surface area (Å²) in [5.74, 6) is -0.731. The second-order valence-electron chi connectivity index (χ2n) is 13.5. The van der Waals surface area contributed by atoms with Crippen LogP contribution in [0.5, 0.6) is 17.2 Å². The Balaban J connectivity index is 0.000000190. The fourth-order valence-electron chi connectivity index (χ4n) is 6.76. The van der Waals surface area contributed by atoms with E-state index in [2.05, 4.69) is 38.8 Å². The van der Waals surface area contributed by atoms with E-state index in [0.717, 1.165) is 63.9 Å². The van der Waals surface area contributed by atoms with Gasteiger partial charge in [0.2, 0.25) is 18.6 Å². The third kappa shape index (κ3) is 10.4. The number of carbonyl (C=O) groups is 4. The Morgan fingerprint density at radius 2 is 1.66 bits per heavy atom. The molecule has 0 saturated heterocycles. The van der Waals surface area contributed by atoms with Crippen LogP contribution in [0, 0.1) is 12.8 Å². The predicted octanol–water partition coefficient (Wildman–Crippen LogP) is 4.90. The summed E-state index contributed by atoms with van der Waals surface area (Å²) in [7, 11) is 0. The molecule has 0 spiro atoms. The van der Waals surface area contributed by atoms with E-state index in [1.54, 1.807) is 24.7 Å². The number of aliphatic carboxylic acids is 1. The van der Waals surface area contributed by atoms with E-state index in [9.17, 15) is 24.3 Å². The molecular weight excluding hydrogens is 716 g/mol. The zero-order chi connectivity index (χ0) is 39.3. The average molecular weight is 761 g/mol. The molecule has 2 aliphatic rings. The van der Waals surface area contributed by atoms with Gasteiger partial charge in [-0.05, 0) is 96.0 Å². The number of rotatable bonds is 16. The number of carboxylic acids is 1. The van der Waals surface area contributed by atoms with Crippen LogP contribution in [-0.2, 0) is 49.6 Å². The van der Waals surface area contributed by atoms with Crippen LogP contribution in [-0.4, -0.2) is 72.4 Å². The first-order chi connectivity index (χ1) is 27.3. The standard InChI is InChI=1S/C22H20N2O5.C21H24N2O4/c25-21(24-9-7-14-5-6-19-20(11-14)29-13-28-19)17(22(26)27)12-15-8-10-23-18-4-2-1-3-16(15)18;1-15-12-22-7-5-19(15)18(13-26-14-24)11-21(25)23-8-4-16-2-3-17-6-9-27-20(17)10-16/h1-6,8,10-11,17H,7,9,12-13H2,(H,24,25)(H,26,27);2-3,5,7,10,12,14,18H,4,6,8-9,11,13H2,1H3,(H,23,25). The number of pyridine rings is 2. The van der Waals surface area contributed by atoms with E-state index in [0.29, 0.717) is 37.5 Å². The van der Waals surface area contributed by atoms with Gasteiger partial charge >= 0.3 is 5.97 Å². The SMILES string of the molecule is Cc1cnccc1C(COC=O)CC(=O)NCCc1ccc2c(c1)OCC2.O=C(O)C(Cc1ccnc2ccccc12)C(=O)NCCc1ccc2c(c1)OCO2. The Morgan fingerprint density at radius 1 is 0.893 bits per heavy atom. The lowest BCUT2D eigenvalue weighted by atomic mass is 9.93. The van der Waals surface area contributed by atoms with Gasteiger partial charge in [0.25, 0.3) is 6.47 Å². The number of aromatic nitrogens is 2. The third-order valence-corrected chi connectivity index (χ3v) is 9.72. The Morgan fingerprint density at radius 3 is 2.46 bits per heavy atom. The van der Waals surface area contributed by atoms with Crippen LogP contribution in [0.3, 0.4) is 0 Å². The second kappa shape index (κ2) is 19.2. The Kier molecular flexibility index (Phi) is 13.4. The summed E-state index contributed by atoms with van der Waals surface area (Å²) < 4.78 is 21.1. The van der Waals surface area contributed by atoms with Crippen LogP contribution in [0.15, 0.2) is 91.4 Å². The molecule has 0 bridgehead atoms. The lowest BCUT2D eigenvalue weighted by molar-refractivity contribution is -0.147. The molecule has 2 atom stereocenters. The zero-order valence-corrected chi connectivity index (χ0v) is 31.1. The van der Waals surface area contributed by atoms with E-state index in [1.165, 1.54) is 5.56 Å². The summed E-state index contributed by atoms with van der Waals surface area (Å²) in [5, 5.41) is 16.1. The molecule has 5 aromatic rings. The third-order valence-electron chi connectivity index (χ3n) is 9.72. The number of fused-ring (bicyclic) bond motifs is 3. The molecule has 2 amide bonds. The van der Waals surface area contributed by atoms with Crippen LogP contribution >= 0.6 is 0 Å². The number of para-hydroxylation sites is 1. The average Bonchev–Trinajstić information content (AvgIpc) is 3.88. The largest absolute Gasteiger partial charge is 0.493 e. The fourth-order valence-corrected chi connectivity index (χ4v) is 6.76.